The number of halogens is 2. The highest BCUT2D eigenvalue weighted by atomic mass is 35.5. The van der Waals surface area contributed by atoms with E-state index in [-0.39, 0.29) is 6.10 Å². The Kier molecular flexibility index (Phi) is 7.10. The molecule has 3 rings (SSSR count). The molecule has 1 unspecified atom stereocenters. The summed E-state index contributed by atoms with van der Waals surface area (Å²) < 4.78 is 13.3. The van der Waals surface area contributed by atoms with Gasteiger partial charge in [-0.25, -0.2) is 0 Å². The van der Waals surface area contributed by atoms with Gasteiger partial charge in [0.15, 0.2) is 17.1 Å². The Labute approximate surface area is 179 Å². The van der Waals surface area contributed by atoms with Gasteiger partial charge < -0.3 is 14.0 Å². The lowest BCUT2D eigenvalue weighted by atomic mass is 10.2. The molecule has 0 spiro atoms. The van der Waals surface area contributed by atoms with E-state index >= 15 is 0 Å². The number of aromatic nitrogens is 3. The Hall–Kier alpha value is -1.89. The summed E-state index contributed by atoms with van der Waals surface area (Å²) in [6.07, 6.45) is -0.241. The van der Waals surface area contributed by atoms with Gasteiger partial charge in [-0.15, -0.1) is 10.2 Å². The summed E-state index contributed by atoms with van der Waals surface area (Å²) in [4.78, 5) is 0. The Morgan fingerprint density at radius 1 is 1.07 bits per heavy atom. The second-order valence-electron chi connectivity index (χ2n) is 6.05. The van der Waals surface area contributed by atoms with Crippen molar-refractivity contribution in [1.29, 1.82) is 0 Å². The van der Waals surface area contributed by atoms with Crippen LogP contribution >= 0.6 is 35.0 Å². The topological polar surface area (TPSA) is 49.2 Å². The van der Waals surface area contributed by atoms with Crippen molar-refractivity contribution in [3.05, 3.63) is 63.9 Å². The molecule has 1 heterocycles. The number of thioether (sulfide) groups is 1. The molecule has 3 aromatic rings. The summed E-state index contributed by atoms with van der Waals surface area (Å²) in [5.41, 5.74) is 1.01. The van der Waals surface area contributed by atoms with Crippen LogP contribution in [0.2, 0.25) is 10.0 Å². The minimum Gasteiger partial charge on any atom is -0.497 e. The number of hydrogen-bond acceptors (Lipinski definition) is 5. The van der Waals surface area contributed by atoms with E-state index in [1.807, 2.05) is 43.3 Å². The van der Waals surface area contributed by atoms with Crippen LogP contribution in [0.5, 0.6) is 11.5 Å². The van der Waals surface area contributed by atoms with Gasteiger partial charge in [0, 0.05) is 22.3 Å². The number of ether oxygens (including phenoxy) is 2. The summed E-state index contributed by atoms with van der Waals surface area (Å²) in [5, 5.41) is 10.8. The lowest BCUT2D eigenvalue weighted by molar-refractivity contribution is 0.209. The van der Waals surface area contributed by atoms with Gasteiger partial charge in [-0.1, -0.05) is 41.0 Å². The molecule has 1 atom stereocenters. The Morgan fingerprint density at radius 3 is 2.43 bits per heavy atom. The third-order valence-electron chi connectivity index (χ3n) is 4.17. The number of rotatable bonds is 8. The Morgan fingerprint density at radius 2 is 1.79 bits per heavy atom. The SMILES string of the molecule is CCn1c(SCc2ccc(Cl)cc2Cl)nnc1C(C)Oc1ccc(OC)cc1. The van der Waals surface area contributed by atoms with E-state index < -0.39 is 0 Å². The van der Waals surface area contributed by atoms with Gasteiger partial charge in [-0.2, -0.15) is 0 Å². The monoisotopic (exact) mass is 437 g/mol. The lowest BCUT2D eigenvalue weighted by Crippen LogP contribution is -2.12. The van der Waals surface area contributed by atoms with Crippen molar-refractivity contribution in [2.45, 2.75) is 37.4 Å². The summed E-state index contributed by atoms with van der Waals surface area (Å²) in [5.74, 6) is 3.00. The van der Waals surface area contributed by atoms with Crippen LogP contribution in [-0.4, -0.2) is 21.9 Å². The summed E-state index contributed by atoms with van der Waals surface area (Å²) >= 11 is 13.8. The summed E-state index contributed by atoms with van der Waals surface area (Å²) in [6, 6.07) is 13.0. The zero-order chi connectivity index (χ0) is 20.1. The molecule has 0 amide bonds. The van der Waals surface area contributed by atoms with Crippen molar-refractivity contribution in [3.8, 4) is 11.5 Å². The van der Waals surface area contributed by atoms with Crippen LogP contribution in [0.4, 0.5) is 0 Å². The van der Waals surface area contributed by atoms with E-state index in [0.717, 1.165) is 34.6 Å². The Bertz CT molecular complexity index is 932. The standard InChI is InChI=1S/C20H21Cl2N3O2S/c1-4-25-19(13(2)27-17-9-7-16(26-3)8-10-17)23-24-20(25)28-12-14-5-6-15(21)11-18(14)22/h5-11,13H,4,12H2,1-3H3. The molecule has 0 radical (unpaired) electrons. The zero-order valence-corrected chi connectivity index (χ0v) is 18.2. The first-order valence-corrected chi connectivity index (χ1v) is 10.6. The second kappa shape index (κ2) is 9.54. The molecule has 8 heteroatoms. The molecule has 0 fully saturated rings. The molecule has 1 aromatic heterocycles. The molecule has 0 saturated carbocycles. The maximum absolute atomic E-state index is 6.27. The molecule has 0 bridgehead atoms. The predicted molar refractivity (Wildman–Crippen MR) is 114 cm³/mol. The first-order chi connectivity index (χ1) is 13.5. The molecular weight excluding hydrogens is 417 g/mol. The van der Waals surface area contributed by atoms with E-state index in [1.54, 1.807) is 24.9 Å². The van der Waals surface area contributed by atoms with Crippen LogP contribution in [0.15, 0.2) is 47.6 Å². The van der Waals surface area contributed by atoms with Gasteiger partial charge >= 0.3 is 0 Å². The maximum Gasteiger partial charge on any atom is 0.191 e. The van der Waals surface area contributed by atoms with Gasteiger partial charge in [0.25, 0.3) is 0 Å². The molecule has 28 heavy (non-hydrogen) atoms. The smallest absolute Gasteiger partial charge is 0.191 e. The van der Waals surface area contributed by atoms with Gasteiger partial charge in [-0.05, 0) is 55.8 Å². The van der Waals surface area contributed by atoms with E-state index in [4.69, 9.17) is 32.7 Å². The molecule has 0 N–H and O–H groups in total. The third kappa shape index (κ3) is 4.93. The highest BCUT2D eigenvalue weighted by molar-refractivity contribution is 7.98. The molecule has 5 nitrogen and oxygen atoms in total. The van der Waals surface area contributed by atoms with E-state index in [1.165, 1.54) is 0 Å². The van der Waals surface area contributed by atoms with E-state index in [2.05, 4.69) is 21.7 Å². The van der Waals surface area contributed by atoms with Crippen molar-refractivity contribution in [1.82, 2.24) is 14.8 Å². The molecule has 2 aromatic carbocycles. The minimum atomic E-state index is -0.241. The van der Waals surface area contributed by atoms with Crippen molar-refractivity contribution < 1.29 is 9.47 Å². The lowest BCUT2D eigenvalue weighted by Gasteiger charge is -2.16. The molecule has 148 valence electrons. The Balaban J connectivity index is 1.71. The van der Waals surface area contributed by atoms with E-state index in [0.29, 0.717) is 15.8 Å². The molecule has 0 saturated heterocycles. The number of methoxy groups -OCH3 is 1. The van der Waals surface area contributed by atoms with Gasteiger partial charge in [0.2, 0.25) is 0 Å². The second-order valence-corrected chi connectivity index (χ2v) is 7.83. The fraction of sp³-hybridized carbons (Fsp3) is 0.300. The molecule has 0 aliphatic heterocycles. The first kappa shape index (κ1) is 20.8. The molecular formula is C20H21Cl2N3O2S. The maximum atomic E-state index is 6.27. The van der Waals surface area contributed by atoms with Gasteiger partial charge in [-0.3, -0.25) is 0 Å². The zero-order valence-electron chi connectivity index (χ0n) is 15.9. The molecule has 0 aliphatic carbocycles. The van der Waals surface area contributed by atoms with Crippen LogP contribution < -0.4 is 9.47 Å². The van der Waals surface area contributed by atoms with Crippen LogP contribution in [0.1, 0.15) is 31.3 Å². The third-order valence-corrected chi connectivity index (χ3v) is 5.77. The van der Waals surface area contributed by atoms with Crippen LogP contribution in [-0.2, 0) is 12.3 Å². The highest BCUT2D eigenvalue weighted by Crippen LogP contribution is 2.30. The number of nitrogens with zero attached hydrogens (tertiary/aromatic N) is 3. The summed E-state index contributed by atoms with van der Waals surface area (Å²) in [6.45, 7) is 4.77. The van der Waals surface area contributed by atoms with Crippen LogP contribution in [0, 0.1) is 0 Å². The number of hydrogen-bond donors (Lipinski definition) is 0. The molecule has 0 aliphatic rings. The van der Waals surface area contributed by atoms with Crippen molar-refractivity contribution in [3.63, 3.8) is 0 Å². The average Bonchev–Trinajstić information content (AvgIpc) is 3.11. The normalized spacial score (nSPS) is 12.0. The van der Waals surface area contributed by atoms with Crippen molar-refractivity contribution >= 4 is 35.0 Å². The first-order valence-electron chi connectivity index (χ1n) is 8.82. The largest absolute Gasteiger partial charge is 0.497 e. The predicted octanol–water partition coefficient (Wildman–Crippen LogP) is 6.05. The fourth-order valence-electron chi connectivity index (χ4n) is 2.70. The van der Waals surface area contributed by atoms with E-state index in [9.17, 15) is 0 Å². The quantitative estimate of drug-likeness (QED) is 0.401. The number of benzene rings is 2. The van der Waals surface area contributed by atoms with Crippen molar-refractivity contribution in [2.24, 2.45) is 0 Å². The van der Waals surface area contributed by atoms with Gasteiger partial charge in [0.05, 0.1) is 7.11 Å². The van der Waals surface area contributed by atoms with Crippen molar-refractivity contribution in [2.75, 3.05) is 7.11 Å². The van der Waals surface area contributed by atoms with Crippen LogP contribution in [0.3, 0.4) is 0 Å². The average molecular weight is 438 g/mol. The fourth-order valence-corrected chi connectivity index (χ4v) is 4.26. The minimum absolute atomic E-state index is 0.241. The van der Waals surface area contributed by atoms with Crippen LogP contribution in [0.25, 0.3) is 0 Å². The summed E-state index contributed by atoms with van der Waals surface area (Å²) in [7, 11) is 1.64. The highest BCUT2D eigenvalue weighted by Gasteiger charge is 2.19. The van der Waals surface area contributed by atoms with Gasteiger partial charge in [0.1, 0.15) is 11.5 Å².